The molecule has 3 N–H and O–H groups in total. The second-order valence-electron chi connectivity index (χ2n) is 4.93. The summed E-state index contributed by atoms with van der Waals surface area (Å²) in [6.07, 6.45) is 1.57. The smallest absolute Gasteiger partial charge is 0.214 e. The van der Waals surface area contributed by atoms with Crippen LogP contribution in [0.3, 0.4) is 0 Å². The molecule has 0 amide bonds. The largest absolute Gasteiger partial charge is 0.399 e. The molecule has 2 rings (SSSR count). The monoisotopic (exact) mass is 284 g/mol. The van der Waals surface area contributed by atoms with Crippen LogP contribution in [0.2, 0.25) is 0 Å². The maximum Gasteiger partial charge on any atom is 0.214 e. The lowest BCUT2D eigenvalue weighted by Crippen LogP contribution is -2.33. The first-order chi connectivity index (χ1) is 8.96. The number of ether oxygens (including phenoxy) is 1. The van der Waals surface area contributed by atoms with Crippen molar-refractivity contribution in [2.75, 3.05) is 18.1 Å². The molecule has 19 heavy (non-hydrogen) atoms. The third-order valence-corrected chi connectivity index (χ3v) is 4.72. The molecule has 0 aliphatic carbocycles. The van der Waals surface area contributed by atoms with E-state index >= 15 is 0 Å². The number of nitrogens with two attached hydrogens (primary N) is 1. The summed E-state index contributed by atoms with van der Waals surface area (Å²) >= 11 is 0. The second-order valence-corrected chi connectivity index (χ2v) is 6.72. The van der Waals surface area contributed by atoms with Crippen LogP contribution < -0.4 is 10.5 Å². The standard InChI is InChI=1S/C13H20N2O3S/c1-10(11-4-2-5-12(14)8-11)15-19(16,17)9-13-6-3-7-18-13/h2,4-5,8,10,13,15H,3,6-7,9,14H2,1H3. The minimum Gasteiger partial charge on any atom is -0.399 e. The fourth-order valence-electron chi connectivity index (χ4n) is 2.23. The summed E-state index contributed by atoms with van der Waals surface area (Å²) in [6.45, 7) is 2.47. The number of sulfonamides is 1. The second kappa shape index (κ2) is 5.90. The van der Waals surface area contributed by atoms with Crippen LogP contribution >= 0.6 is 0 Å². The minimum atomic E-state index is -3.34. The summed E-state index contributed by atoms with van der Waals surface area (Å²) < 4.78 is 32.1. The van der Waals surface area contributed by atoms with Gasteiger partial charge in [0.1, 0.15) is 0 Å². The molecule has 1 saturated heterocycles. The average molecular weight is 284 g/mol. The van der Waals surface area contributed by atoms with E-state index in [1.807, 2.05) is 19.1 Å². The Hall–Kier alpha value is -1.11. The lowest BCUT2D eigenvalue weighted by Gasteiger charge is -2.17. The number of nitrogens with one attached hydrogen (secondary N) is 1. The number of hydrogen-bond donors (Lipinski definition) is 2. The number of benzene rings is 1. The summed E-state index contributed by atoms with van der Waals surface area (Å²) in [4.78, 5) is 0. The van der Waals surface area contributed by atoms with Gasteiger partial charge in [0.2, 0.25) is 10.0 Å². The number of anilines is 1. The van der Waals surface area contributed by atoms with Gasteiger partial charge in [0, 0.05) is 18.3 Å². The molecule has 6 heteroatoms. The van der Waals surface area contributed by atoms with Gasteiger partial charge < -0.3 is 10.5 Å². The van der Waals surface area contributed by atoms with Crippen LogP contribution in [0, 0.1) is 0 Å². The van der Waals surface area contributed by atoms with Crippen LogP contribution in [0.15, 0.2) is 24.3 Å². The highest BCUT2D eigenvalue weighted by Crippen LogP contribution is 2.18. The molecule has 1 aromatic carbocycles. The molecule has 106 valence electrons. The maximum absolute atomic E-state index is 12.0. The van der Waals surface area contributed by atoms with Crippen LogP contribution in [0.1, 0.15) is 31.4 Å². The van der Waals surface area contributed by atoms with Gasteiger partial charge in [-0.15, -0.1) is 0 Å². The number of rotatable bonds is 5. The Morgan fingerprint density at radius 2 is 2.32 bits per heavy atom. The number of hydrogen-bond acceptors (Lipinski definition) is 4. The predicted octanol–water partition coefficient (Wildman–Crippen LogP) is 1.43. The Bertz CT molecular complexity index is 524. The lowest BCUT2D eigenvalue weighted by molar-refractivity contribution is 0.127. The highest BCUT2D eigenvalue weighted by Gasteiger charge is 2.24. The molecule has 0 aromatic heterocycles. The molecule has 0 radical (unpaired) electrons. The zero-order chi connectivity index (χ0) is 13.9. The van der Waals surface area contributed by atoms with Gasteiger partial charge in [-0.3, -0.25) is 0 Å². The Balaban J connectivity index is 1.98. The van der Waals surface area contributed by atoms with E-state index in [0.717, 1.165) is 18.4 Å². The van der Waals surface area contributed by atoms with Crippen LogP contribution in [-0.2, 0) is 14.8 Å². The van der Waals surface area contributed by atoms with E-state index in [2.05, 4.69) is 4.72 Å². The van der Waals surface area contributed by atoms with Gasteiger partial charge in [-0.2, -0.15) is 0 Å². The van der Waals surface area contributed by atoms with E-state index in [0.29, 0.717) is 12.3 Å². The molecular weight excluding hydrogens is 264 g/mol. The highest BCUT2D eigenvalue weighted by atomic mass is 32.2. The molecule has 1 aliphatic rings. The van der Waals surface area contributed by atoms with Crippen molar-refractivity contribution in [1.82, 2.24) is 4.72 Å². The van der Waals surface area contributed by atoms with Crippen molar-refractivity contribution >= 4 is 15.7 Å². The molecule has 0 bridgehead atoms. The first-order valence-corrected chi connectivity index (χ1v) is 8.08. The van der Waals surface area contributed by atoms with Crippen molar-refractivity contribution in [2.24, 2.45) is 0 Å². The van der Waals surface area contributed by atoms with Crippen molar-refractivity contribution in [3.8, 4) is 0 Å². The third-order valence-electron chi connectivity index (χ3n) is 3.20. The number of nitrogen functional groups attached to an aromatic ring is 1. The summed E-state index contributed by atoms with van der Waals surface area (Å²) in [7, 11) is -3.34. The molecular formula is C13H20N2O3S. The summed E-state index contributed by atoms with van der Waals surface area (Å²) in [6, 6.07) is 6.93. The van der Waals surface area contributed by atoms with Crippen LogP contribution in [0.5, 0.6) is 0 Å². The summed E-state index contributed by atoms with van der Waals surface area (Å²) in [5.41, 5.74) is 7.18. The van der Waals surface area contributed by atoms with Gasteiger partial charge in [0.15, 0.2) is 0 Å². The molecule has 0 spiro atoms. The van der Waals surface area contributed by atoms with Gasteiger partial charge >= 0.3 is 0 Å². The van der Waals surface area contributed by atoms with Crippen molar-refractivity contribution in [2.45, 2.75) is 31.9 Å². The molecule has 1 heterocycles. The van der Waals surface area contributed by atoms with Gasteiger partial charge in [-0.25, -0.2) is 13.1 Å². The van der Waals surface area contributed by atoms with Crippen molar-refractivity contribution in [3.05, 3.63) is 29.8 Å². The molecule has 1 aromatic rings. The van der Waals surface area contributed by atoms with Crippen LogP contribution in [0.4, 0.5) is 5.69 Å². The molecule has 5 nitrogen and oxygen atoms in total. The van der Waals surface area contributed by atoms with Gasteiger partial charge in [-0.05, 0) is 37.5 Å². The molecule has 1 fully saturated rings. The Morgan fingerprint density at radius 3 is 2.95 bits per heavy atom. The predicted molar refractivity (Wildman–Crippen MR) is 75.2 cm³/mol. The van der Waals surface area contributed by atoms with Crippen molar-refractivity contribution in [3.63, 3.8) is 0 Å². The Kier molecular flexibility index (Phi) is 4.44. The molecule has 2 atom stereocenters. The normalized spacial score (nSPS) is 21.4. The Morgan fingerprint density at radius 1 is 1.53 bits per heavy atom. The molecule has 1 aliphatic heterocycles. The van der Waals surface area contributed by atoms with E-state index in [1.54, 1.807) is 12.1 Å². The first-order valence-electron chi connectivity index (χ1n) is 6.43. The molecule has 2 unspecified atom stereocenters. The van der Waals surface area contributed by atoms with E-state index < -0.39 is 10.0 Å². The fraction of sp³-hybridized carbons (Fsp3) is 0.538. The topological polar surface area (TPSA) is 81.4 Å². The average Bonchev–Trinajstić information content (AvgIpc) is 2.80. The Labute approximate surface area is 114 Å². The van der Waals surface area contributed by atoms with Crippen LogP contribution in [-0.4, -0.2) is 26.9 Å². The first kappa shape index (κ1) is 14.3. The van der Waals surface area contributed by atoms with E-state index in [4.69, 9.17) is 10.5 Å². The summed E-state index contributed by atoms with van der Waals surface area (Å²) in [5, 5.41) is 0. The van der Waals surface area contributed by atoms with Crippen LogP contribution in [0.25, 0.3) is 0 Å². The SMILES string of the molecule is CC(NS(=O)(=O)CC1CCCO1)c1cccc(N)c1. The van der Waals surface area contributed by atoms with E-state index in [-0.39, 0.29) is 17.9 Å². The van der Waals surface area contributed by atoms with Gasteiger partial charge in [0.05, 0.1) is 11.9 Å². The zero-order valence-corrected chi connectivity index (χ0v) is 11.8. The quantitative estimate of drug-likeness (QED) is 0.801. The lowest BCUT2D eigenvalue weighted by atomic mass is 10.1. The zero-order valence-electron chi connectivity index (χ0n) is 11.0. The van der Waals surface area contributed by atoms with E-state index in [9.17, 15) is 8.42 Å². The minimum absolute atomic E-state index is 0.0274. The maximum atomic E-state index is 12.0. The van der Waals surface area contributed by atoms with E-state index in [1.165, 1.54) is 0 Å². The third kappa shape index (κ3) is 4.19. The van der Waals surface area contributed by atoms with Crippen molar-refractivity contribution < 1.29 is 13.2 Å². The fourth-order valence-corrected chi connectivity index (χ4v) is 3.76. The summed E-state index contributed by atoms with van der Waals surface area (Å²) in [5.74, 6) is 0.0274. The van der Waals surface area contributed by atoms with Crippen molar-refractivity contribution in [1.29, 1.82) is 0 Å². The van der Waals surface area contributed by atoms with Gasteiger partial charge in [-0.1, -0.05) is 12.1 Å². The highest BCUT2D eigenvalue weighted by molar-refractivity contribution is 7.89. The molecule has 0 saturated carbocycles. The van der Waals surface area contributed by atoms with Gasteiger partial charge in [0.25, 0.3) is 0 Å².